The molecule has 0 saturated heterocycles. The molecular formula is C22H34S2Si. The Balaban J connectivity index is 2.25. The molecule has 0 bridgehead atoms. The third-order valence-electron chi connectivity index (χ3n) is 5.88. The third kappa shape index (κ3) is 5.80. The number of aryl methyl sites for hydroxylation is 1. The zero-order valence-electron chi connectivity index (χ0n) is 16.8. The molecule has 138 valence electrons. The lowest BCUT2D eigenvalue weighted by molar-refractivity contribution is 0.916. The van der Waals surface area contributed by atoms with Crippen molar-refractivity contribution in [3.63, 3.8) is 0 Å². The SMILES string of the molecule is CC1=CCCC=C(C)SCC([Si](C)(C)C(C)c2ccccc2C)CS1. The van der Waals surface area contributed by atoms with Crippen LogP contribution >= 0.6 is 23.5 Å². The summed E-state index contributed by atoms with van der Waals surface area (Å²) in [7, 11) is -1.44. The highest BCUT2D eigenvalue weighted by molar-refractivity contribution is 8.04. The molecule has 1 heterocycles. The molecular weight excluding hydrogens is 356 g/mol. The quantitative estimate of drug-likeness (QED) is 0.483. The first-order valence-corrected chi connectivity index (χ1v) is 14.6. The van der Waals surface area contributed by atoms with E-state index in [9.17, 15) is 0 Å². The maximum atomic E-state index is 2.62. The van der Waals surface area contributed by atoms with E-state index >= 15 is 0 Å². The maximum Gasteiger partial charge on any atom is 0.0596 e. The molecule has 0 nitrogen and oxygen atoms in total. The fourth-order valence-corrected chi connectivity index (χ4v) is 11.0. The second kappa shape index (κ2) is 9.52. The van der Waals surface area contributed by atoms with E-state index in [1.54, 1.807) is 5.56 Å². The minimum absolute atomic E-state index is 0.693. The minimum atomic E-state index is -1.44. The van der Waals surface area contributed by atoms with Gasteiger partial charge in [-0.1, -0.05) is 56.4 Å². The Bertz CT molecular complexity index is 607. The van der Waals surface area contributed by atoms with E-state index in [1.165, 1.54) is 39.7 Å². The summed E-state index contributed by atoms with van der Waals surface area (Å²) in [5.74, 6) is 2.55. The Morgan fingerprint density at radius 3 is 1.96 bits per heavy atom. The van der Waals surface area contributed by atoms with Gasteiger partial charge in [0.2, 0.25) is 0 Å². The number of hydrogen-bond acceptors (Lipinski definition) is 2. The molecule has 1 atom stereocenters. The van der Waals surface area contributed by atoms with E-state index in [2.05, 4.69) is 101 Å². The van der Waals surface area contributed by atoms with Crippen LogP contribution in [-0.2, 0) is 0 Å². The van der Waals surface area contributed by atoms with Gasteiger partial charge >= 0.3 is 0 Å². The van der Waals surface area contributed by atoms with Crippen LogP contribution in [0, 0.1) is 6.92 Å². The molecule has 1 aromatic carbocycles. The zero-order valence-corrected chi connectivity index (χ0v) is 19.4. The lowest BCUT2D eigenvalue weighted by Gasteiger charge is -2.38. The van der Waals surface area contributed by atoms with Crippen LogP contribution in [0.3, 0.4) is 0 Å². The molecule has 0 amide bonds. The van der Waals surface area contributed by atoms with E-state index in [0.29, 0.717) is 5.54 Å². The molecule has 0 saturated carbocycles. The van der Waals surface area contributed by atoms with E-state index in [0.717, 1.165) is 5.54 Å². The van der Waals surface area contributed by atoms with Gasteiger partial charge in [-0.05, 0) is 77.1 Å². The molecule has 3 heteroatoms. The highest BCUT2D eigenvalue weighted by atomic mass is 32.2. The van der Waals surface area contributed by atoms with Crippen molar-refractivity contribution in [1.29, 1.82) is 0 Å². The Hall–Kier alpha value is -0.383. The van der Waals surface area contributed by atoms with Gasteiger partial charge in [0.05, 0.1) is 8.07 Å². The molecule has 2 rings (SSSR count). The molecule has 25 heavy (non-hydrogen) atoms. The molecule has 0 aromatic heterocycles. The molecule has 1 aliphatic heterocycles. The molecule has 1 aliphatic rings. The predicted octanol–water partition coefficient (Wildman–Crippen LogP) is 7.78. The van der Waals surface area contributed by atoms with Crippen LogP contribution in [-0.4, -0.2) is 19.6 Å². The number of thioether (sulfide) groups is 2. The first-order chi connectivity index (χ1) is 11.8. The Kier molecular flexibility index (Phi) is 7.97. The summed E-state index contributed by atoms with van der Waals surface area (Å²) in [6, 6.07) is 9.01. The van der Waals surface area contributed by atoms with Crippen LogP contribution < -0.4 is 0 Å². The smallest absolute Gasteiger partial charge is 0.0596 e. The van der Waals surface area contributed by atoms with Crippen molar-refractivity contribution in [3.05, 3.63) is 57.4 Å². The molecule has 1 aromatic rings. The number of benzene rings is 1. The minimum Gasteiger partial charge on any atom is -0.131 e. The standard InChI is InChI=1S/C22H34S2Si/c1-17-11-7-10-14-22(17)20(4)25(5,6)21-15-23-18(2)12-8-9-13-19(3)24-16-21/h7,10-14,20-21H,8-9,15-16H2,1-6H3. The summed E-state index contributed by atoms with van der Waals surface area (Å²) < 4.78 is 0. The molecule has 0 radical (unpaired) electrons. The van der Waals surface area contributed by atoms with Crippen molar-refractivity contribution >= 4 is 31.6 Å². The van der Waals surface area contributed by atoms with Gasteiger partial charge in [-0.25, -0.2) is 0 Å². The van der Waals surface area contributed by atoms with Gasteiger partial charge in [-0.3, -0.25) is 0 Å². The van der Waals surface area contributed by atoms with Gasteiger partial charge in [0, 0.05) is 0 Å². The van der Waals surface area contributed by atoms with Crippen LogP contribution in [0.1, 0.15) is 50.3 Å². The number of rotatable bonds is 3. The van der Waals surface area contributed by atoms with Crippen LogP contribution in [0.4, 0.5) is 0 Å². The Morgan fingerprint density at radius 1 is 0.920 bits per heavy atom. The second-order valence-corrected chi connectivity index (χ2v) is 15.8. The predicted molar refractivity (Wildman–Crippen MR) is 122 cm³/mol. The monoisotopic (exact) mass is 390 g/mol. The van der Waals surface area contributed by atoms with Crippen LogP contribution in [0.2, 0.25) is 18.6 Å². The average Bonchev–Trinajstić information content (AvgIpc) is 2.61. The summed E-state index contributed by atoms with van der Waals surface area (Å²) in [4.78, 5) is 3.02. The largest absolute Gasteiger partial charge is 0.131 e. The number of hydrogen-bond donors (Lipinski definition) is 0. The van der Waals surface area contributed by atoms with Crippen molar-refractivity contribution < 1.29 is 0 Å². The lowest BCUT2D eigenvalue weighted by atomic mass is 10.1. The topological polar surface area (TPSA) is 0 Å². The molecule has 0 spiro atoms. The first-order valence-electron chi connectivity index (χ1n) is 9.47. The first kappa shape index (κ1) is 20.9. The Labute approximate surface area is 165 Å². The van der Waals surface area contributed by atoms with Crippen molar-refractivity contribution in [2.75, 3.05) is 11.5 Å². The fraction of sp³-hybridized carbons (Fsp3) is 0.545. The van der Waals surface area contributed by atoms with Gasteiger partial charge in [0.25, 0.3) is 0 Å². The van der Waals surface area contributed by atoms with E-state index in [4.69, 9.17) is 0 Å². The Morgan fingerprint density at radius 2 is 1.44 bits per heavy atom. The molecule has 1 unspecified atom stereocenters. The van der Waals surface area contributed by atoms with Crippen molar-refractivity contribution in [3.8, 4) is 0 Å². The van der Waals surface area contributed by atoms with Crippen molar-refractivity contribution in [2.45, 2.75) is 64.7 Å². The molecule has 0 aliphatic carbocycles. The van der Waals surface area contributed by atoms with Gasteiger partial charge in [-0.2, -0.15) is 0 Å². The molecule has 0 N–H and O–H groups in total. The summed E-state index contributed by atoms with van der Waals surface area (Å²) in [5, 5.41) is 0. The second-order valence-electron chi connectivity index (χ2n) is 7.93. The highest BCUT2D eigenvalue weighted by Gasteiger charge is 2.38. The molecule has 0 fully saturated rings. The fourth-order valence-electron chi connectivity index (χ4n) is 3.46. The maximum absolute atomic E-state index is 2.62. The normalized spacial score (nSPS) is 21.8. The van der Waals surface area contributed by atoms with Crippen molar-refractivity contribution in [1.82, 2.24) is 0 Å². The third-order valence-corrected chi connectivity index (χ3v) is 13.9. The summed E-state index contributed by atoms with van der Waals surface area (Å²) in [6.45, 7) is 14.6. The van der Waals surface area contributed by atoms with Crippen LogP contribution in [0.25, 0.3) is 0 Å². The summed E-state index contributed by atoms with van der Waals surface area (Å²) in [5.41, 5.74) is 4.54. The van der Waals surface area contributed by atoms with Crippen LogP contribution in [0.5, 0.6) is 0 Å². The zero-order chi connectivity index (χ0) is 18.4. The van der Waals surface area contributed by atoms with E-state index in [-0.39, 0.29) is 0 Å². The van der Waals surface area contributed by atoms with Gasteiger partial charge in [-0.15, -0.1) is 23.5 Å². The van der Waals surface area contributed by atoms with Gasteiger partial charge in [0.15, 0.2) is 0 Å². The summed E-state index contributed by atoms with van der Waals surface area (Å²) >= 11 is 4.19. The lowest BCUT2D eigenvalue weighted by Crippen LogP contribution is -2.41. The average molecular weight is 391 g/mol. The van der Waals surface area contributed by atoms with Crippen LogP contribution in [0.15, 0.2) is 46.2 Å². The number of allylic oxidation sites excluding steroid dienone is 4. The highest BCUT2D eigenvalue weighted by Crippen LogP contribution is 2.42. The van der Waals surface area contributed by atoms with Crippen molar-refractivity contribution in [2.24, 2.45) is 0 Å². The van der Waals surface area contributed by atoms with E-state index in [1.807, 2.05) is 0 Å². The van der Waals surface area contributed by atoms with Gasteiger partial charge < -0.3 is 0 Å². The van der Waals surface area contributed by atoms with E-state index < -0.39 is 8.07 Å². The van der Waals surface area contributed by atoms with Gasteiger partial charge in [0.1, 0.15) is 0 Å². The summed E-state index contributed by atoms with van der Waals surface area (Å²) in [6.07, 6.45) is 7.23.